The molecule has 0 saturated carbocycles. The van der Waals surface area contributed by atoms with Crippen LogP contribution in [0, 0.1) is 13.8 Å². The lowest BCUT2D eigenvalue weighted by Crippen LogP contribution is -2.16. The highest BCUT2D eigenvalue weighted by atomic mass is 16.5. The van der Waals surface area contributed by atoms with Gasteiger partial charge < -0.3 is 9.64 Å². The van der Waals surface area contributed by atoms with Crippen LogP contribution in [0.2, 0.25) is 0 Å². The van der Waals surface area contributed by atoms with Crippen molar-refractivity contribution in [2.24, 2.45) is 0 Å². The molecule has 0 fully saturated rings. The molecule has 5 heteroatoms. The molecule has 6 aromatic carbocycles. The van der Waals surface area contributed by atoms with Gasteiger partial charge in [0, 0.05) is 22.4 Å². The first-order chi connectivity index (χ1) is 30.4. The molecule has 5 nitrogen and oxygen atoms in total. The first kappa shape index (κ1) is 42.6. The molecule has 0 spiro atoms. The van der Waals surface area contributed by atoms with Gasteiger partial charge in [0.2, 0.25) is 0 Å². The average molecular weight is 819 g/mol. The normalized spacial score (nSPS) is 11.9. The van der Waals surface area contributed by atoms with Crippen molar-refractivity contribution >= 4 is 17.1 Å². The van der Waals surface area contributed by atoms with Crippen LogP contribution in [0.25, 0.3) is 45.3 Å². The lowest BCUT2D eigenvalue weighted by molar-refractivity contribution is 0.477. The minimum Gasteiger partial charge on any atom is -0.453 e. The smallest absolute Gasteiger partial charge is 0.164 e. The van der Waals surface area contributed by atoms with E-state index in [0.29, 0.717) is 17.5 Å². The number of benzene rings is 6. The second-order valence-electron chi connectivity index (χ2n) is 17.2. The maximum absolute atomic E-state index is 6.65. The van der Waals surface area contributed by atoms with Crippen LogP contribution < -0.4 is 9.64 Å². The van der Waals surface area contributed by atoms with Gasteiger partial charge in [-0.2, -0.15) is 0 Å². The van der Waals surface area contributed by atoms with Crippen molar-refractivity contribution in [1.82, 2.24) is 15.0 Å². The Morgan fingerprint density at radius 2 is 0.806 bits per heavy atom. The number of hydrogen-bond donors (Lipinski definition) is 0. The fourth-order valence-corrected chi connectivity index (χ4v) is 8.48. The Morgan fingerprint density at radius 3 is 1.39 bits per heavy atom. The average Bonchev–Trinajstić information content (AvgIpc) is 3.31. The van der Waals surface area contributed by atoms with Gasteiger partial charge >= 0.3 is 0 Å². The predicted molar refractivity (Wildman–Crippen MR) is 260 cm³/mol. The molecule has 62 heavy (non-hydrogen) atoms. The third kappa shape index (κ3) is 10.5. The molecule has 8 rings (SSSR count). The summed E-state index contributed by atoms with van der Waals surface area (Å²) in [4.78, 5) is 17.4. The van der Waals surface area contributed by atoms with Gasteiger partial charge in [0.1, 0.15) is 0 Å². The van der Waals surface area contributed by atoms with E-state index in [4.69, 9.17) is 19.7 Å². The number of aromatic nitrogens is 3. The van der Waals surface area contributed by atoms with Crippen molar-refractivity contribution < 1.29 is 4.74 Å². The first-order valence-electron chi connectivity index (χ1n) is 23.3. The predicted octanol–water partition coefficient (Wildman–Crippen LogP) is 16.5. The Bertz CT molecular complexity index is 2530. The minimum atomic E-state index is 0.656. The third-order valence-corrected chi connectivity index (χ3v) is 12.2. The molecular weight excluding hydrogens is 757 g/mol. The van der Waals surface area contributed by atoms with Gasteiger partial charge in [-0.3, -0.25) is 0 Å². The van der Waals surface area contributed by atoms with E-state index in [1.165, 1.54) is 93.7 Å². The molecule has 1 aliphatic rings. The van der Waals surface area contributed by atoms with E-state index in [2.05, 4.69) is 166 Å². The van der Waals surface area contributed by atoms with Crippen molar-refractivity contribution in [1.29, 1.82) is 0 Å². The van der Waals surface area contributed by atoms with E-state index in [9.17, 15) is 0 Å². The summed E-state index contributed by atoms with van der Waals surface area (Å²) in [6.07, 6.45) is 18.1. The molecule has 0 aliphatic carbocycles. The van der Waals surface area contributed by atoms with Crippen LogP contribution in [0.1, 0.15) is 113 Å². The number of anilines is 3. The molecule has 2 heterocycles. The first-order valence-corrected chi connectivity index (χ1v) is 23.3. The maximum atomic E-state index is 6.65. The van der Waals surface area contributed by atoms with Gasteiger partial charge in [-0.15, -0.1) is 0 Å². The largest absolute Gasteiger partial charge is 0.453 e. The van der Waals surface area contributed by atoms with E-state index >= 15 is 0 Å². The number of fused-ring (bicyclic) bond motifs is 2. The van der Waals surface area contributed by atoms with Gasteiger partial charge in [-0.05, 0) is 104 Å². The Labute approximate surface area is 370 Å². The summed E-state index contributed by atoms with van der Waals surface area (Å²) in [5.74, 6) is 3.70. The van der Waals surface area contributed by atoms with Crippen molar-refractivity contribution in [3.8, 4) is 56.8 Å². The fraction of sp³-hybridized carbons (Fsp3) is 0.316. The quantitative estimate of drug-likeness (QED) is 0.0761. The number of ether oxygens (including phenoxy) is 1. The third-order valence-electron chi connectivity index (χ3n) is 12.2. The lowest BCUT2D eigenvalue weighted by Gasteiger charge is -2.33. The summed E-state index contributed by atoms with van der Waals surface area (Å²) in [6.45, 7) is 8.74. The fourth-order valence-electron chi connectivity index (χ4n) is 8.48. The summed E-state index contributed by atoms with van der Waals surface area (Å²) in [5.41, 5.74) is 13.4. The van der Waals surface area contributed by atoms with Gasteiger partial charge in [0.25, 0.3) is 0 Å². The molecule has 0 amide bonds. The van der Waals surface area contributed by atoms with Crippen LogP contribution in [0.15, 0.2) is 133 Å². The molecule has 1 aromatic heterocycles. The zero-order chi connectivity index (χ0) is 42.7. The standard InChI is InChI=1S/C57H62N4O/c1-5-7-9-10-11-12-13-14-15-16-18-44-22-28-47(29-23-44)56-58-55(46-26-19-41(3)20-27-46)59-57(60-56)48-32-30-45(31-33-48)49-34-38-52-54(40-49)62-53-39-42(4)21-37-51(53)61(52)50-35-24-43(25-36-50)17-8-6-2/h19-40H,5-18H2,1-4H3. The van der Waals surface area contributed by atoms with E-state index < -0.39 is 0 Å². The second kappa shape index (κ2) is 20.7. The van der Waals surface area contributed by atoms with Crippen molar-refractivity contribution in [3.63, 3.8) is 0 Å². The van der Waals surface area contributed by atoms with Crippen molar-refractivity contribution in [2.45, 2.75) is 118 Å². The van der Waals surface area contributed by atoms with Gasteiger partial charge in [-0.25, -0.2) is 15.0 Å². The molecular formula is C57H62N4O. The molecule has 7 aromatic rings. The van der Waals surface area contributed by atoms with Crippen LogP contribution in [0.3, 0.4) is 0 Å². The maximum Gasteiger partial charge on any atom is 0.164 e. The topological polar surface area (TPSA) is 51.1 Å². The summed E-state index contributed by atoms with van der Waals surface area (Å²) < 4.78 is 6.65. The molecule has 0 N–H and O–H groups in total. The van der Waals surface area contributed by atoms with Crippen molar-refractivity contribution in [2.75, 3.05) is 4.90 Å². The van der Waals surface area contributed by atoms with E-state index in [0.717, 1.165) is 74.8 Å². The van der Waals surface area contributed by atoms with Crippen LogP contribution in [0.5, 0.6) is 11.5 Å². The summed E-state index contributed by atoms with van der Waals surface area (Å²) in [7, 11) is 0. The van der Waals surface area contributed by atoms with Crippen LogP contribution in [-0.4, -0.2) is 15.0 Å². The SMILES string of the molecule is CCCCCCCCCCCCc1ccc(-c2nc(-c3ccc(C)cc3)nc(-c3ccc(-c4ccc5c(c4)Oc4cc(C)ccc4N5c4ccc(CCCC)cc4)cc3)n2)cc1. The molecule has 0 atom stereocenters. The summed E-state index contributed by atoms with van der Waals surface area (Å²) >= 11 is 0. The highest BCUT2D eigenvalue weighted by Gasteiger charge is 2.26. The molecule has 1 aliphatic heterocycles. The van der Waals surface area contributed by atoms with E-state index in [1.54, 1.807) is 0 Å². The van der Waals surface area contributed by atoms with Gasteiger partial charge in [0.05, 0.1) is 11.4 Å². The van der Waals surface area contributed by atoms with Gasteiger partial charge in [-0.1, -0.05) is 181 Å². The highest BCUT2D eigenvalue weighted by Crippen LogP contribution is 2.51. The Morgan fingerprint density at radius 1 is 0.387 bits per heavy atom. The van der Waals surface area contributed by atoms with Crippen LogP contribution in [-0.2, 0) is 12.8 Å². The Hall–Kier alpha value is -6.07. The summed E-state index contributed by atoms with van der Waals surface area (Å²) in [5, 5.41) is 0. The molecule has 0 radical (unpaired) electrons. The molecule has 0 bridgehead atoms. The second-order valence-corrected chi connectivity index (χ2v) is 17.2. The molecule has 316 valence electrons. The monoisotopic (exact) mass is 818 g/mol. The minimum absolute atomic E-state index is 0.656. The Balaban J connectivity index is 1.01. The zero-order valence-electron chi connectivity index (χ0n) is 37.3. The van der Waals surface area contributed by atoms with Crippen LogP contribution >= 0.6 is 0 Å². The number of unbranched alkanes of at least 4 members (excludes halogenated alkanes) is 10. The molecule has 0 saturated heterocycles. The van der Waals surface area contributed by atoms with Crippen molar-refractivity contribution in [3.05, 3.63) is 156 Å². The van der Waals surface area contributed by atoms with Gasteiger partial charge in [0.15, 0.2) is 29.0 Å². The number of aryl methyl sites for hydroxylation is 4. The number of hydrogen-bond acceptors (Lipinski definition) is 5. The molecule has 0 unspecified atom stereocenters. The van der Waals surface area contributed by atoms with E-state index in [1.807, 2.05) is 0 Å². The zero-order valence-corrected chi connectivity index (χ0v) is 37.3. The highest BCUT2D eigenvalue weighted by molar-refractivity contribution is 5.88. The number of nitrogens with zero attached hydrogens (tertiary/aromatic N) is 4. The lowest BCUT2D eigenvalue weighted by atomic mass is 10.0. The van der Waals surface area contributed by atoms with E-state index in [-0.39, 0.29) is 0 Å². The Kier molecular flexibility index (Phi) is 14.2. The number of rotatable bonds is 19. The summed E-state index contributed by atoms with van der Waals surface area (Å²) in [6, 6.07) is 47.8. The van der Waals surface area contributed by atoms with Crippen LogP contribution in [0.4, 0.5) is 17.1 Å².